The summed E-state index contributed by atoms with van der Waals surface area (Å²) >= 11 is 5.08. The lowest BCUT2D eigenvalue weighted by Gasteiger charge is -2.36. The van der Waals surface area contributed by atoms with Crippen molar-refractivity contribution < 1.29 is 0 Å². The molecular formula is C10H20N2S. The summed E-state index contributed by atoms with van der Waals surface area (Å²) in [4.78, 5) is 3.12. The van der Waals surface area contributed by atoms with E-state index in [1.165, 1.54) is 19.4 Å². The molecule has 0 bridgehead atoms. The molecule has 0 aliphatic carbocycles. The highest BCUT2D eigenvalue weighted by Gasteiger charge is 2.24. The number of nitrogens with zero attached hydrogens (tertiary/aromatic N) is 1. The normalized spacial score (nSPS) is 25.0. The Bertz CT molecular complexity index is 180. The number of hydrogen-bond acceptors (Lipinski definition) is 2. The summed E-state index contributed by atoms with van der Waals surface area (Å²) in [5.41, 5.74) is 5.72. The zero-order valence-electron chi connectivity index (χ0n) is 8.62. The molecule has 2 N–H and O–H groups in total. The molecule has 2 nitrogen and oxygen atoms in total. The van der Waals surface area contributed by atoms with Crippen LogP contribution < -0.4 is 5.73 Å². The summed E-state index contributed by atoms with van der Waals surface area (Å²) in [7, 11) is 0. The van der Waals surface area contributed by atoms with Crippen molar-refractivity contribution >= 4 is 17.2 Å². The van der Waals surface area contributed by atoms with Crippen LogP contribution in [0.3, 0.4) is 0 Å². The molecule has 1 atom stereocenters. The van der Waals surface area contributed by atoms with Crippen molar-refractivity contribution in [2.75, 3.05) is 13.1 Å². The van der Waals surface area contributed by atoms with Crippen molar-refractivity contribution in [1.82, 2.24) is 4.90 Å². The summed E-state index contributed by atoms with van der Waals surface area (Å²) in [6.45, 7) is 6.78. The highest BCUT2D eigenvalue weighted by molar-refractivity contribution is 7.80. The van der Waals surface area contributed by atoms with Crippen molar-refractivity contribution in [3.05, 3.63) is 0 Å². The fourth-order valence-corrected chi connectivity index (χ4v) is 2.27. The van der Waals surface area contributed by atoms with Gasteiger partial charge in [-0.15, -0.1) is 0 Å². The first kappa shape index (κ1) is 10.9. The average molecular weight is 200 g/mol. The zero-order valence-corrected chi connectivity index (χ0v) is 9.44. The van der Waals surface area contributed by atoms with Crippen LogP contribution in [-0.4, -0.2) is 29.0 Å². The Morgan fingerprint density at radius 2 is 2.23 bits per heavy atom. The quantitative estimate of drug-likeness (QED) is 0.704. The minimum absolute atomic E-state index is 0.367. The van der Waals surface area contributed by atoms with Crippen LogP contribution in [0.1, 0.15) is 33.1 Å². The molecule has 13 heavy (non-hydrogen) atoms. The summed E-state index contributed by atoms with van der Waals surface area (Å²) in [6, 6.07) is 0.367. The second kappa shape index (κ2) is 4.91. The zero-order chi connectivity index (χ0) is 9.84. The van der Waals surface area contributed by atoms with Gasteiger partial charge in [-0.25, -0.2) is 0 Å². The summed E-state index contributed by atoms with van der Waals surface area (Å²) in [5, 5.41) is 0. The van der Waals surface area contributed by atoms with Gasteiger partial charge in [0, 0.05) is 6.54 Å². The number of nitrogens with two attached hydrogens (primary N) is 1. The van der Waals surface area contributed by atoms with Gasteiger partial charge in [-0.1, -0.05) is 32.5 Å². The van der Waals surface area contributed by atoms with Crippen LogP contribution in [0.5, 0.6) is 0 Å². The van der Waals surface area contributed by atoms with Crippen LogP contribution >= 0.6 is 12.2 Å². The lowest BCUT2D eigenvalue weighted by molar-refractivity contribution is 0.173. The SMILES string of the molecule is CC(C)CN1CCCCC1C(N)=S. The smallest absolute Gasteiger partial charge is 0.0902 e. The Balaban J connectivity index is 2.51. The van der Waals surface area contributed by atoms with E-state index in [4.69, 9.17) is 18.0 Å². The Labute approximate surface area is 86.5 Å². The number of thiocarbonyl (C=S) groups is 1. The van der Waals surface area contributed by atoms with Gasteiger partial charge in [-0.3, -0.25) is 4.90 Å². The number of rotatable bonds is 3. The second-order valence-electron chi connectivity index (χ2n) is 4.30. The lowest BCUT2D eigenvalue weighted by Crippen LogP contribution is -2.48. The van der Waals surface area contributed by atoms with Gasteiger partial charge in [-0.05, 0) is 25.3 Å². The Hall–Kier alpha value is -0.150. The number of likely N-dealkylation sites (tertiary alicyclic amines) is 1. The maximum absolute atomic E-state index is 5.72. The third-order valence-electron chi connectivity index (χ3n) is 2.54. The first-order chi connectivity index (χ1) is 6.11. The molecule has 0 aromatic heterocycles. The van der Waals surface area contributed by atoms with Gasteiger partial charge in [0.15, 0.2) is 0 Å². The van der Waals surface area contributed by atoms with E-state index < -0.39 is 0 Å². The van der Waals surface area contributed by atoms with Gasteiger partial charge >= 0.3 is 0 Å². The van der Waals surface area contributed by atoms with Crippen molar-refractivity contribution in [1.29, 1.82) is 0 Å². The monoisotopic (exact) mass is 200 g/mol. The van der Waals surface area contributed by atoms with E-state index >= 15 is 0 Å². The second-order valence-corrected chi connectivity index (χ2v) is 4.77. The minimum Gasteiger partial charge on any atom is -0.392 e. The molecule has 0 aromatic rings. The molecular weight excluding hydrogens is 180 g/mol. The summed E-state index contributed by atoms with van der Waals surface area (Å²) in [6.07, 6.45) is 3.73. The van der Waals surface area contributed by atoms with Crippen molar-refractivity contribution in [2.24, 2.45) is 11.7 Å². The van der Waals surface area contributed by atoms with Crippen LogP contribution in [0.2, 0.25) is 0 Å². The van der Waals surface area contributed by atoms with Crippen molar-refractivity contribution in [3.63, 3.8) is 0 Å². The van der Waals surface area contributed by atoms with E-state index in [-0.39, 0.29) is 0 Å². The Kier molecular flexibility index (Phi) is 4.13. The van der Waals surface area contributed by atoms with Crippen molar-refractivity contribution in [3.8, 4) is 0 Å². The van der Waals surface area contributed by atoms with Crippen LogP contribution in [0.4, 0.5) is 0 Å². The topological polar surface area (TPSA) is 29.3 Å². The molecule has 1 aliphatic heterocycles. The predicted octanol–water partition coefficient (Wildman–Crippen LogP) is 1.78. The van der Waals surface area contributed by atoms with Gasteiger partial charge in [0.25, 0.3) is 0 Å². The van der Waals surface area contributed by atoms with Crippen LogP contribution in [-0.2, 0) is 0 Å². The molecule has 1 saturated heterocycles. The highest BCUT2D eigenvalue weighted by atomic mass is 32.1. The maximum Gasteiger partial charge on any atom is 0.0902 e. The van der Waals surface area contributed by atoms with Gasteiger partial charge in [0.05, 0.1) is 11.0 Å². The Morgan fingerprint density at radius 3 is 2.77 bits per heavy atom. The van der Waals surface area contributed by atoms with E-state index in [0.29, 0.717) is 16.9 Å². The third kappa shape index (κ3) is 3.24. The maximum atomic E-state index is 5.72. The molecule has 1 heterocycles. The summed E-state index contributed by atoms with van der Waals surface area (Å²) < 4.78 is 0. The molecule has 0 saturated carbocycles. The lowest BCUT2D eigenvalue weighted by atomic mass is 10.0. The molecule has 0 radical (unpaired) electrons. The van der Waals surface area contributed by atoms with Crippen molar-refractivity contribution in [2.45, 2.75) is 39.2 Å². The van der Waals surface area contributed by atoms with E-state index in [0.717, 1.165) is 13.0 Å². The van der Waals surface area contributed by atoms with Crippen LogP contribution in [0.25, 0.3) is 0 Å². The van der Waals surface area contributed by atoms with Crippen LogP contribution in [0, 0.1) is 5.92 Å². The molecule has 1 fully saturated rings. The van der Waals surface area contributed by atoms with Gasteiger partial charge in [0.2, 0.25) is 0 Å². The molecule has 0 amide bonds. The van der Waals surface area contributed by atoms with Crippen LogP contribution in [0.15, 0.2) is 0 Å². The van der Waals surface area contributed by atoms with Gasteiger partial charge in [-0.2, -0.15) is 0 Å². The molecule has 1 rings (SSSR count). The molecule has 0 aromatic carbocycles. The van der Waals surface area contributed by atoms with E-state index in [9.17, 15) is 0 Å². The minimum atomic E-state index is 0.367. The Morgan fingerprint density at radius 1 is 1.54 bits per heavy atom. The molecule has 76 valence electrons. The van der Waals surface area contributed by atoms with E-state index in [2.05, 4.69) is 18.7 Å². The number of piperidine rings is 1. The first-order valence-corrected chi connectivity index (χ1v) is 5.55. The van der Waals surface area contributed by atoms with E-state index in [1.54, 1.807) is 0 Å². The summed E-state index contributed by atoms with van der Waals surface area (Å²) in [5.74, 6) is 0.704. The molecule has 1 aliphatic rings. The number of hydrogen-bond donors (Lipinski definition) is 1. The van der Waals surface area contributed by atoms with E-state index in [1.807, 2.05) is 0 Å². The average Bonchev–Trinajstić information content (AvgIpc) is 2.03. The fraction of sp³-hybridized carbons (Fsp3) is 0.900. The third-order valence-corrected chi connectivity index (χ3v) is 2.81. The van der Waals surface area contributed by atoms with Gasteiger partial charge in [0.1, 0.15) is 0 Å². The molecule has 0 spiro atoms. The van der Waals surface area contributed by atoms with Gasteiger partial charge < -0.3 is 5.73 Å². The molecule has 3 heteroatoms. The first-order valence-electron chi connectivity index (χ1n) is 5.14. The fourth-order valence-electron chi connectivity index (χ4n) is 2.00. The largest absolute Gasteiger partial charge is 0.392 e. The standard InChI is InChI=1S/C10H20N2S/c1-8(2)7-12-6-4-3-5-9(12)10(11)13/h8-9H,3-7H2,1-2H3,(H2,11,13). The predicted molar refractivity (Wildman–Crippen MR) is 60.8 cm³/mol. The molecule has 1 unspecified atom stereocenters. The highest BCUT2D eigenvalue weighted by Crippen LogP contribution is 2.18.